The minimum atomic E-state index is -0.250. The van der Waals surface area contributed by atoms with Gasteiger partial charge in [-0.3, -0.25) is 0 Å². The Hall–Kier alpha value is -3.47. The molecule has 5 nitrogen and oxygen atoms in total. The van der Waals surface area contributed by atoms with E-state index in [1.54, 1.807) is 0 Å². The van der Waals surface area contributed by atoms with Crippen molar-refractivity contribution in [1.82, 2.24) is 5.01 Å². The summed E-state index contributed by atoms with van der Waals surface area (Å²) in [6.07, 6.45) is 0.572. The Morgan fingerprint density at radius 1 is 0.867 bits per heavy atom. The van der Waals surface area contributed by atoms with E-state index in [2.05, 4.69) is 60.5 Å². The standard InChI is InChI=1S/C25H22N2O3/c1-16-6-8-17(9-7-16)25-27-21(19-4-2-3-5-22(19)30-25)15-20(26-27)18-10-11-23-24(14-18)29-13-12-28-23/h2-11,14,21,25H,12-13,15H2,1H3/t21-,25+/m0/s1. The van der Waals surface area contributed by atoms with Gasteiger partial charge in [0.2, 0.25) is 6.23 Å². The maximum atomic E-state index is 6.42. The number of para-hydroxylation sites is 1. The van der Waals surface area contributed by atoms with Gasteiger partial charge in [-0.2, -0.15) is 5.10 Å². The number of hydrogen-bond acceptors (Lipinski definition) is 5. The molecule has 3 aromatic carbocycles. The summed E-state index contributed by atoms with van der Waals surface area (Å²) >= 11 is 0. The second kappa shape index (κ2) is 6.80. The SMILES string of the molecule is Cc1ccc([C@H]2Oc3ccccc3[C@@H]3CC(c4ccc5c(c4)OCCO5)=NN23)cc1. The number of rotatable bonds is 2. The molecular formula is C25H22N2O3. The molecule has 0 fully saturated rings. The maximum absolute atomic E-state index is 6.42. The van der Waals surface area contributed by atoms with Crippen molar-refractivity contribution in [2.75, 3.05) is 13.2 Å². The Bertz CT molecular complexity index is 1140. The first-order valence-electron chi connectivity index (χ1n) is 10.3. The van der Waals surface area contributed by atoms with Gasteiger partial charge in [-0.25, -0.2) is 5.01 Å². The zero-order chi connectivity index (χ0) is 20.1. The number of nitrogens with zero attached hydrogens (tertiary/aromatic N) is 2. The molecule has 3 aliphatic rings. The largest absolute Gasteiger partial charge is 0.486 e. The summed E-state index contributed by atoms with van der Waals surface area (Å²) < 4.78 is 17.9. The van der Waals surface area contributed by atoms with E-state index in [0.29, 0.717) is 13.2 Å². The first-order valence-corrected chi connectivity index (χ1v) is 10.3. The molecule has 0 aliphatic carbocycles. The first-order chi connectivity index (χ1) is 14.8. The number of aryl methyl sites for hydroxylation is 1. The summed E-state index contributed by atoms with van der Waals surface area (Å²) in [7, 11) is 0. The Kier molecular flexibility index (Phi) is 3.94. The van der Waals surface area contributed by atoms with E-state index in [9.17, 15) is 0 Å². The topological polar surface area (TPSA) is 43.3 Å². The van der Waals surface area contributed by atoms with Crippen LogP contribution in [0, 0.1) is 6.92 Å². The molecule has 0 N–H and O–H groups in total. The van der Waals surface area contributed by atoms with Crippen LogP contribution in [0.25, 0.3) is 0 Å². The fraction of sp³-hybridized carbons (Fsp3) is 0.240. The van der Waals surface area contributed by atoms with Gasteiger partial charge in [-0.1, -0.05) is 48.0 Å². The summed E-state index contributed by atoms with van der Waals surface area (Å²) in [5.41, 5.74) is 5.61. The fourth-order valence-corrected chi connectivity index (χ4v) is 4.38. The van der Waals surface area contributed by atoms with Crippen LogP contribution in [0.5, 0.6) is 17.2 Å². The number of fused-ring (bicyclic) bond motifs is 4. The smallest absolute Gasteiger partial charge is 0.213 e. The van der Waals surface area contributed by atoms with Crippen molar-refractivity contribution >= 4 is 5.71 Å². The molecule has 0 saturated heterocycles. The Morgan fingerprint density at radius 3 is 2.53 bits per heavy atom. The molecular weight excluding hydrogens is 376 g/mol. The van der Waals surface area contributed by atoms with Crippen molar-refractivity contribution in [3.63, 3.8) is 0 Å². The zero-order valence-electron chi connectivity index (χ0n) is 16.7. The van der Waals surface area contributed by atoms with Crippen LogP contribution in [0.15, 0.2) is 71.8 Å². The van der Waals surface area contributed by atoms with Gasteiger partial charge in [0.1, 0.15) is 19.0 Å². The van der Waals surface area contributed by atoms with Gasteiger partial charge in [0, 0.05) is 23.1 Å². The highest BCUT2D eigenvalue weighted by Gasteiger charge is 2.40. The predicted molar refractivity (Wildman–Crippen MR) is 114 cm³/mol. The van der Waals surface area contributed by atoms with Crippen LogP contribution in [-0.2, 0) is 0 Å². The quantitative estimate of drug-likeness (QED) is 0.609. The van der Waals surface area contributed by atoms with Gasteiger partial charge in [-0.15, -0.1) is 0 Å². The highest BCUT2D eigenvalue weighted by molar-refractivity contribution is 6.02. The average molecular weight is 398 g/mol. The maximum Gasteiger partial charge on any atom is 0.213 e. The molecule has 2 atom stereocenters. The Labute approximate surface area is 175 Å². The molecule has 0 bridgehead atoms. The van der Waals surface area contributed by atoms with E-state index in [1.807, 2.05) is 18.2 Å². The van der Waals surface area contributed by atoms with Gasteiger partial charge in [-0.05, 0) is 31.2 Å². The third-order valence-corrected chi connectivity index (χ3v) is 5.94. The second-order valence-electron chi connectivity index (χ2n) is 7.92. The normalized spacial score (nSPS) is 21.4. The van der Waals surface area contributed by atoms with Crippen molar-refractivity contribution in [2.24, 2.45) is 5.10 Å². The van der Waals surface area contributed by atoms with Gasteiger partial charge in [0.05, 0.1) is 11.8 Å². The lowest BCUT2D eigenvalue weighted by atomic mass is 9.95. The predicted octanol–water partition coefficient (Wildman–Crippen LogP) is 5.01. The molecule has 5 heteroatoms. The highest BCUT2D eigenvalue weighted by atomic mass is 16.6. The molecule has 3 heterocycles. The van der Waals surface area contributed by atoms with Crippen LogP contribution in [0.1, 0.15) is 40.9 Å². The van der Waals surface area contributed by atoms with Crippen LogP contribution >= 0.6 is 0 Å². The molecule has 3 aromatic rings. The van der Waals surface area contributed by atoms with Crippen LogP contribution < -0.4 is 14.2 Å². The molecule has 0 unspecified atom stereocenters. The van der Waals surface area contributed by atoms with E-state index in [1.165, 1.54) is 11.1 Å². The minimum absolute atomic E-state index is 0.143. The van der Waals surface area contributed by atoms with Gasteiger partial charge in [0.15, 0.2) is 11.5 Å². The van der Waals surface area contributed by atoms with Crippen molar-refractivity contribution < 1.29 is 14.2 Å². The fourth-order valence-electron chi connectivity index (χ4n) is 4.38. The van der Waals surface area contributed by atoms with Crippen molar-refractivity contribution in [2.45, 2.75) is 25.6 Å². The summed E-state index contributed by atoms with van der Waals surface area (Å²) in [6, 6.07) is 23.0. The lowest BCUT2D eigenvalue weighted by Gasteiger charge is -2.38. The molecule has 0 saturated carbocycles. The number of hydrogen-bond donors (Lipinski definition) is 0. The Balaban J connectivity index is 1.41. The second-order valence-corrected chi connectivity index (χ2v) is 7.92. The molecule has 6 rings (SSSR count). The summed E-state index contributed by atoms with van der Waals surface area (Å²) in [5.74, 6) is 2.52. The molecule has 0 amide bonds. The van der Waals surface area contributed by atoms with E-state index in [0.717, 1.165) is 40.5 Å². The van der Waals surface area contributed by atoms with Crippen LogP contribution in [0.3, 0.4) is 0 Å². The lowest BCUT2D eigenvalue weighted by Crippen LogP contribution is -2.33. The van der Waals surface area contributed by atoms with Gasteiger partial charge >= 0.3 is 0 Å². The number of ether oxygens (including phenoxy) is 3. The summed E-state index contributed by atoms with van der Waals surface area (Å²) in [6.45, 7) is 3.27. The number of hydrazone groups is 1. The van der Waals surface area contributed by atoms with Crippen LogP contribution in [0.2, 0.25) is 0 Å². The molecule has 150 valence electrons. The average Bonchev–Trinajstić information content (AvgIpc) is 3.25. The van der Waals surface area contributed by atoms with Crippen molar-refractivity contribution in [1.29, 1.82) is 0 Å². The first kappa shape index (κ1) is 17.4. The Morgan fingerprint density at radius 2 is 1.67 bits per heavy atom. The summed E-state index contributed by atoms with van der Waals surface area (Å²) in [4.78, 5) is 0. The van der Waals surface area contributed by atoms with Gasteiger partial charge < -0.3 is 14.2 Å². The van der Waals surface area contributed by atoms with E-state index >= 15 is 0 Å². The third-order valence-electron chi connectivity index (χ3n) is 5.94. The molecule has 3 aliphatic heterocycles. The van der Waals surface area contributed by atoms with Crippen molar-refractivity contribution in [3.05, 3.63) is 89.0 Å². The molecule has 30 heavy (non-hydrogen) atoms. The van der Waals surface area contributed by atoms with Crippen LogP contribution in [0.4, 0.5) is 0 Å². The van der Waals surface area contributed by atoms with Gasteiger partial charge in [0.25, 0.3) is 0 Å². The monoisotopic (exact) mass is 398 g/mol. The van der Waals surface area contributed by atoms with E-state index in [-0.39, 0.29) is 12.3 Å². The third kappa shape index (κ3) is 2.81. The molecule has 0 radical (unpaired) electrons. The van der Waals surface area contributed by atoms with E-state index < -0.39 is 0 Å². The zero-order valence-corrected chi connectivity index (χ0v) is 16.7. The minimum Gasteiger partial charge on any atom is -0.486 e. The molecule has 0 spiro atoms. The van der Waals surface area contributed by atoms with Crippen molar-refractivity contribution in [3.8, 4) is 17.2 Å². The lowest BCUT2D eigenvalue weighted by molar-refractivity contribution is -0.0190. The highest BCUT2D eigenvalue weighted by Crippen LogP contribution is 2.47. The van der Waals surface area contributed by atoms with E-state index in [4.69, 9.17) is 19.3 Å². The summed E-state index contributed by atoms with van der Waals surface area (Å²) in [5, 5.41) is 7.15. The molecule has 0 aromatic heterocycles. The van der Waals surface area contributed by atoms with Crippen LogP contribution in [-0.4, -0.2) is 23.9 Å². The number of benzene rings is 3.